The molecule has 0 saturated carbocycles. The van der Waals surface area contributed by atoms with E-state index in [-0.39, 0.29) is 17.5 Å². The molecule has 2 aromatic carbocycles. The maximum atomic E-state index is 13.1. The summed E-state index contributed by atoms with van der Waals surface area (Å²) in [5, 5.41) is 2.96. The van der Waals surface area contributed by atoms with E-state index >= 15 is 0 Å². The number of nitrogens with zero attached hydrogens (tertiary/aromatic N) is 1. The number of amides is 1. The van der Waals surface area contributed by atoms with Crippen LogP contribution in [0.3, 0.4) is 0 Å². The fourth-order valence-electron chi connectivity index (χ4n) is 3.40. The van der Waals surface area contributed by atoms with Gasteiger partial charge in [0, 0.05) is 42.4 Å². The van der Waals surface area contributed by atoms with Crippen molar-refractivity contribution in [1.82, 2.24) is 4.90 Å². The highest BCUT2D eigenvalue weighted by molar-refractivity contribution is 7.99. The quantitative estimate of drug-likeness (QED) is 0.628. The van der Waals surface area contributed by atoms with Gasteiger partial charge in [-0.3, -0.25) is 9.69 Å². The molecule has 2 heterocycles. The lowest BCUT2D eigenvalue weighted by atomic mass is 10.1. The Morgan fingerprint density at radius 2 is 1.86 bits per heavy atom. The monoisotopic (exact) mass is 410 g/mol. The van der Waals surface area contributed by atoms with Gasteiger partial charge in [-0.15, -0.1) is 0 Å². The molecule has 0 spiro atoms. The van der Waals surface area contributed by atoms with Crippen molar-refractivity contribution in [3.8, 4) is 11.3 Å². The van der Waals surface area contributed by atoms with Crippen LogP contribution >= 0.6 is 11.8 Å². The van der Waals surface area contributed by atoms with Gasteiger partial charge in [-0.2, -0.15) is 11.8 Å². The minimum absolute atomic E-state index is 0.224. The highest BCUT2D eigenvalue weighted by atomic mass is 32.2. The standard InChI is InChI=1S/C23H23FN2O2S/c1-16-18(15-26-11-13-29-14-12-26)3-2-4-20(16)25-23(27)22-10-9-21(28-22)17-5-7-19(24)8-6-17/h2-10H,11-15H2,1H3,(H,25,27). The molecular formula is C23H23FN2O2S. The Morgan fingerprint density at radius 1 is 1.10 bits per heavy atom. The largest absolute Gasteiger partial charge is 0.451 e. The summed E-state index contributed by atoms with van der Waals surface area (Å²) in [6.45, 7) is 5.12. The SMILES string of the molecule is Cc1c(CN2CCSCC2)cccc1NC(=O)c1ccc(-c2ccc(F)cc2)o1. The minimum atomic E-state index is -0.308. The molecule has 0 atom stereocenters. The highest BCUT2D eigenvalue weighted by Crippen LogP contribution is 2.25. The second-order valence-corrected chi connectivity index (χ2v) is 8.33. The Morgan fingerprint density at radius 3 is 2.62 bits per heavy atom. The van der Waals surface area contributed by atoms with E-state index in [2.05, 4.69) is 16.3 Å². The van der Waals surface area contributed by atoms with Crippen LogP contribution in [0.5, 0.6) is 0 Å². The smallest absolute Gasteiger partial charge is 0.291 e. The molecule has 4 rings (SSSR count). The van der Waals surface area contributed by atoms with Gasteiger partial charge in [0.15, 0.2) is 5.76 Å². The third-order valence-electron chi connectivity index (χ3n) is 5.15. The predicted octanol–water partition coefficient (Wildman–Crippen LogP) is 5.20. The number of benzene rings is 2. The van der Waals surface area contributed by atoms with Crippen LogP contribution in [0.25, 0.3) is 11.3 Å². The van der Waals surface area contributed by atoms with Crippen LogP contribution in [0.15, 0.2) is 59.0 Å². The molecule has 0 radical (unpaired) electrons. The van der Waals surface area contributed by atoms with Crippen LogP contribution in [0, 0.1) is 12.7 Å². The third-order valence-corrected chi connectivity index (χ3v) is 6.09. The number of carbonyl (C=O) groups is 1. The van der Waals surface area contributed by atoms with Crippen LogP contribution in [0.4, 0.5) is 10.1 Å². The number of anilines is 1. The maximum Gasteiger partial charge on any atom is 0.291 e. The van der Waals surface area contributed by atoms with Crippen molar-refractivity contribution in [3.05, 3.63) is 77.3 Å². The fraction of sp³-hybridized carbons (Fsp3) is 0.261. The van der Waals surface area contributed by atoms with Crippen molar-refractivity contribution in [1.29, 1.82) is 0 Å². The Bertz CT molecular complexity index is 994. The Labute approximate surface area is 174 Å². The normalized spacial score (nSPS) is 14.7. The number of thioether (sulfide) groups is 1. The van der Waals surface area contributed by atoms with Crippen molar-refractivity contribution >= 4 is 23.4 Å². The predicted molar refractivity (Wildman–Crippen MR) is 116 cm³/mol. The van der Waals surface area contributed by atoms with E-state index in [0.717, 1.165) is 36.4 Å². The summed E-state index contributed by atoms with van der Waals surface area (Å²) in [7, 11) is 0. The average Bonchev–Trinajstić information content (AvgIpc) is 3.23. The van der Waals surface area contributed by atoms with Gasteiger partial charge in [0.25, 0.3) is 5.91 Å². The lowest BCUT2D eigenvalue weighted by Crippen LogP contribution is -2.32. The summed E-state index contributed by atoms with van der Waals surface area (Å²) in [6.07, 6.45) is 0. The summed E-state index contributed by atoms with van der Waals surface area (Å²) in [4.78, 5) is 15.1. The number of nitrogens with one attached hydrogen (secondary N) is 1. The van der Waals surface area contributed by atoms with Gasteiger partial charge in [0.2, 0.25) is 0 Å². The molecule has 6 heteroatoms. The zero-order valence-corrected chi connectivity index (χ0v) is 17.1. The van der Waals surface area contributed by atoms with E-state index in [9.17, 15) is 9.18 Å². The Balaban J connectivity index is 1.47. The topological polar surface area (TPSA) is 45.5 Å². The molecule has 1 saturated heterocycles. The number of rotatable bonds is 5. The van der Waals surface area contributed by atoms with Crippen molar-refractivity contribution in [3.63, 3.8) is 0 Å². The van der Waals surface area contributed by atoms with Crippen LogP contribution in [-0.4, -0.2) is 35.4 Å². The summed E-state index contributed by atoms with van der Waals surface area (Å²) in [5.41, 5.74) is 3.81. The van der Waals surface area contributed by atoms with Gasteiger partial charge in [0.1, 0.15) is 11.6 Å². The van der Waals surface area contributed by atoms with E-state index in [1.54, 1.807) is 24.3 Å². The van der Waals surface area contributed by atoms with Crippen molar-refractivity contribution in [2.24, 2.45) is 0 Å². The van der Waals surface area contributed by atoms with Gasteiger partial charge >= 0.3 is 0 Å². The molecule has 29 heavy (non-hydrogen) atoms. The van der Waals surface area contributed by atoms with Crippen LogP contribution in [0.2, 0.25) is 0 Å². The molecule has 150 valence electrons. The number of hydrogen-bond donors (Lipinski definition) is 1. The van der Waals surface area contributed by atoms with E-state index in [0.29, 0.717) is 5.76 Å². The lowest BCUT2D eigenvalue weighted by Gasteiger charge is -2.27. The highest BCUT2D eigenvalue weighted by Gasteiger charge is 2.16. The zero-order chi connectivity index (χ0) is 20.2. The van der Waals surface area contributed by atoms with Gasteiger partial charge in [0.05, 0.1) is 0 Å². The second-order valence-electron chi connectivity index (χ2n) is 7.10. The van der Waals surface area contributed by atoms with Gasteiger partial charge in [-0.1, -0.05) is 12.1 Å². The van der Waals surface area contributed by atoms with E-state index in [1.165, 1.54) is 29.2 Å². The number of halogens is 1. The molecule has 1 aromatic heterocycles. The third kappa shape index (κ3) is 4.71. The molecule has 1 amide bonds. The summed E-state index contributed by atoms with van der Waals surface area (Å²) < 4.78 is 18.8. The van der Waals surface area contributed by atoms with Crippen molar-refractivity contribution < 1.29 is 13.6 Å². The number of carbonyl (C=O) groups excluding carboxylic acids is 1. The summed E-state index contributed by atoms with van der Waals surface area (Å²) >= 11 is 2.00. The fourth-order valence-corrected chi connectivity index (χ4v) is 4.38. The van der Waals surface area contributed by atoms with Gasteiger partial charge in [-0.25, -0.2) is 4.39 Å². The number of furan rings is 1. The first-order valence-electron chi connectivity index (χ1n) is 9.66. The molecule has 1 N–H and O–H groups in total. The molecule has 1 fully saturated rings. The van der Waals surface area contributed by atoms with Crippen LogP contribution in [0.1, 0.15) is 21.7 Å². The van der Waals surface area contributed by atoms with E-state index in [4.69, 9.17) is 4.42 Å². The molecule has 3 aromatic rings. The first-order valence-corrected chi connectivity index (χ1v) is 10.8. The lowest BCUT2D eigenvalue weighted by molar-refractivity contribution is 0.0997. The maximum absolute atomic E-state index is 13.1. The summed E-state index contributed by atoms with van der Waals surface area (Å²) in [6, 6.07) is 15.4. The molecule has 0 bridgehead atoms. The molecule has 1 aliphatic heterocycles. The molecular weight excluding hydrogens is 387 g/mol. The first-order chi connectivity index (χ1) is 14.1. The van der Waals surface area contributed by atoms with E-state index in [1.807, 2.05) is 30.8 Å². The van der Waals surface area contributed by atoms with Crippen LogP contribution in [-0.2, 0) is 6.54 Å². The second kappa shape index (κ2) is 8.84. The Kier molecular flexibility index (Phi) is 6.02. The van der Waals surface area contributed by atoms with Crippen LogP contribution < -0.4 is 5.32 Å². The van der Waals surface area contributed by atoms with Gasteiger partial charge < -0.3 is 9.73 Å². The first kappa shape index (κ1) is 19.7. The van der Waals surface area contributed by atoms with Crippen molar-refractivity contribution in [2.45, 2.75) is 13.5 Å². The minimum Gasteiger partial charge on any atom is -0.451 e. The summed E-state index contributed by atoms with van der Waals surface area (Å²) in [5.74, 6) is 2.49. The number of hydrogen-bond acceptors (Lipinski definition) is 4. The molecule has 0 unspecified atom stereocenters. The molecule has 0 aliphatic carbocycles. The van der Waals surface area contributed by atoms with Gasteiger partial charge in [-0.05, 0) is 60.5 Å². The average molecular weight is 411 g/mol. The van der Waals surface area contributed by atoms with E-state index < -0.39 is 0 Å². The molecule has 1 aliphatic rings. The Hall–Kier alpha value is -2.57. The molecule has 4 nitrogen and oxygen atoms in total. The zero-order valence-electron chi connectivity index (χ0n) is 16.3. The van der Waals surface area contributed by atoms with Crippen molar-refractivity contribution in [2.75, 3.05) is 29.9 Å².